The molecular formula is C38H56ClN3O5S. The van der Waals surface area contributed by atoms with Gasteiger partial charge in [0.05, 0.1) is 30.3 Å². The number of aliphatic hydroxyl groups excluding tert-OH is 1. The number of rotatable bonds is 9. The lowest BCUT2D eigenvalue weighted by Gasteiger charge is -2.45. The van der Waals surface area contributed by atoms with Crippen molar-refractivity contribution < 1.29 is 23.6 Å². The van der Waals surface area contributed by atoms with Crippen molar-refractivity contribution in [2.45, 2.75) is 83.0 Å². The summed E-state index contributed by atoms with van der Waals surface area (Å²) < 4.78 is 28.9. The molecule has 2 N–H and O–H groups in total. The van der Waals surface area contributed by atoms with E-state index in [0.717, 1.165) is 74.5 Å². The van der Waals surface area contributed by atoms with Gasteiger partial charge in [-0.05, 0) is 118 Å². The van der Waals surface area contributed by atoms with E-state index in [1.165, 1.54) is 11.1 Å². The maximum absolute atomic E-state index is 13.4. The van der Waals surface area contributed by atoms with Gasteiger partial charge in [0.2, 0.25) is 0 Å². The number of carbonyl (C=O) groups is 1. The first-order valence-electron chi connectivity index (χ1n) is 18.0. The van der Waals surface area contributed by atoms with Crippen LogP contribution in [0.1, 0.15) is 86.7 Å². The molecule has 2 aliphatic heterocycles. The number of aryl methyl sites for hydroxylation is 1. The van der Waals surface area contributed by atoms with E-state index in [9.17, 15) is 14.1 Å². The molecule has 2 bridgehead atoms. The molecule has 0 radical (unpaired) electrons. The molecule has 0 aromatic heterocycles. The van der Waals surface area contributed by atoms with E-state index >= 15 is 0 Å². The van der Waals surface area contributed by atoms with Crippen LogP contribution in [0.5, 0.6) is 5.75 Å². The third-order valence-electron chi connectivity index (χ3n) is 10.8. The highest BCUT2D eigenvalue weighted by Gasteiger charge is 2.39. The van der Waals surface area contributed by atoms with Gasteiger partial charge >= 0.3 is 0 Å². The number of amides is 1. The van der Waals surface area contributed by atoms with Crippen molar-refractivity contribution in [1.29, 1.82) is 0 Å². The molecule has 1 fully saturated rings. The van der Waals surface area contributed by atoms with Gasteiger partial charge in [0, 0.05) is 42.7 Å². The molecule has 10 heteroatoms. The average Bonchev–Trinajstić information content (AvgIpc) is 3.21. The SMILES string of the molecule is CCCc1cc(Cl)ccc1C1COc2ccc3cc2N(C1)CC1CCC1C(COC[C@H](O)CN(C)C)CCCC(C)C(C)S(=O)NC3=O. The molecule has 48 heavy (non-hydrogen) atoms. The monoisotopic (exact) mass is 701 g/mol. The van der Waals surface area contributed by atoms with Crippen LogP contribution in [-0.4, -0.2) is 85.0 Å². The van der Waals surface area contributed by atoms with Crippen LogP contribution in [-0.2, 0) is 22.1 Å². The highest BCUT2D eigenvalue weighted by atomic mass is 35.5. The van der Waals surface area contributed by atoms with Crippen molar-refractivity contribution in [3.05, 3.63) is 58.1 Å². The van der Waals surface area contributed by atoms with Crippen LogP contribution in [0.3, 0.4) is 0 Å². The maximum atomic E-state index is 13.4. The molecule has 2 aromatic rings. The molecule has 1 aliphatic carbocycles. The largest absolute Gasteiger partial charge is 0.491 e. The smallest absolute Gasteiger partial charge is 0.263 e. The second-order valence-electron chi connectivity index (χ2n) is 14.7. The number of likely N-dealkylation sites (N-methyl/N-ethyl adjacent to an activating group) is 1. The molecule has 1 saturated carbocycles. The molecule has 0 spiro atoms. The van der Waals surface area contributed by atoms with Crippen LogP contribution in [0.15, 0.2) is 36.4 Å². The van der Waals surface area contributed by atoms with Crippen molar-refractivity contribution >= 4 is 34.2 Å². The standard InChI is InChI=1S/C38H56ClN3O5S/c1-6-8-27-17-32(39)13-15-34(27)31-20-42-19-29-11-14-35(29)30(22-46-24-33(43)21-41(4)5)10-7-9-25(2)26(3)48(45)40-38(44)28-12-16-37(47-23-31)36(42)18-28/h12-13,15-18,25-26,29-31,33,35,43H,6-11,14,19-24H2,1-5H3,(H,40,44)/t25?,26?,29?,30?,31?,33-,35?,48?/m1/s1. The van der Waals surface area contributed by atoms with E-state index < -0.39 is 17.1 Å². The van der Waals surface area contributed by atoms with Gasteiger partial charge in [0.25, 0.3) is 5.91 Å². The van der Waals surface area contributed by atoms with Crippen LogP contribution < -0.4 is 14.4 Å². The number of ether oxygens (including phenoxy) is 2. The zero-order chi connectivity index (χ0) is 34.4. The minimum Gasteiger partial charge on any atom is -0.491 e. The molecular weight excluding hydrogens is 646 g/mol. The molecule has 3 aliphatic rings. The molecule has 2 heterocycles. The van der Waals surface area contributed by atoms with E-state index in [-0.39, 0.29) is 23.0 Å². The average molecular weight is 702 g/mol. The van der Waals surface area contributed by atoms with Crippen LogP contribution in [0, 0.1) is 23.7 Å². The van der Waals surface area contributed by atoms with Crippen molar-refractivity contribution in [3.63, 3.8) is 0 Å². The molecule has 2 aromatic carbocycles. The van der Waals surface area contributed by atoms with Gasteiger partial charge in [-0.3, -0.25) is 9.52 Å². The van der Waals surface area contributed by atoms with E-state index in [0.29, 0.717) is 49.7 Å². The summed E-state index contributed by atoms with van der Waals surface area (Å²) >= 11 is 6.45. The lowest BCUT2D eigenvalue weighted by molar-refractivity contribution is -0.0200. The Morgan fingerprint density at radius 1 is 1.12 bits per heavy atom. The number of anilines is 1. The summed E-state index contributed by atoms with van der Waals surface area (Å²) in [7, 11) is 2.41. The number of fused-ring (bicyclic) bond motifs is 2. The summed E-state index contributed by atoms with van der Waals surface area (Å²) in [6, 6.07) is 11.9. The third-order valence-corrected chi connectivity index (χ3v) is 12.6. The zero-order valence-corrected chi connectivity index (χ0v) is 31.0. The minimum atomic E-state index is -1.51. The Balaban J connectivity index is 1.46. The summed E-state index contributed by atoms with van der Waals surface area (Å²) in [6.07, 6.45) is 6.75. The normalized spacial score (nSPS) is 28.9. The number of hydrogen-bond acceptors (Lipinski definition) is 7. The predicted molar refractivity (Wildman–Crippen MR) is 196 cm³/mol. The lowest BCUT2D eigenvalue weighted by Crippen LogP contribution is -2.44. The Kier molecular flexibility index (Phi) is 13.3. The predicted octanol–water partition coefficient (Wildman–Crippen LogP) is 6.46. The number of halogens is 1. The molecule has 7 unspecified atom stereocenters. The summed E-state index contributed by atoms with van der Waals surface area (Å²) in [5, 5.41) is 11.1. The Hall–Kier alpha value is -2.17. The Bertz CT molecular complexity index is 1410. The highest BCUT2D eigenvalue weighted by molar-refractivity contribution is 7.84. The number of nitrogens with zero attached hydrogens (tertiary/aromatic N) is 2. The molecule has 8 atom stereocenters. The first-order chi connectivity index (χ1) is 23.0. The fraction of sp³-hybridized carbons (Fsp3) is 0.658. The number of carbonyl (C=O) groups excluding carboxylic acids is 1. The second-order valence-corrected chi connectivity index (χ2v) is 16.7. The van der Waals surface area contributed by atoms with Crippen LogP contribution in [0.2, 0.25) is 5.02 Å². The first kappa shape index (κ1) is 37.1. The Labute approximate surface area is 295 Å². The van der Waals surface area contributed by atoms with E-state index in [1.54, 1.807) is 6.07 Å². The Morgan fingerprint density at radius 3 is 2.67 bits per heavy atom. The highest BCUT2D eigenvalue weighted by Crippen LogP contribution is 2.45. The third kappa shape index (κ3) is 9.33. The van der Waals surface area contributed by atoms with Crippen LogP contribution in [0.25, 0.3) is 0 Å². The zero-order valence-electron chi connectivity index (χ0n) is 29.5. The molecule has 5 rings (SSSR count). The van der Waals surface area contributed by atoms with Crippen molar-refractivity contribution in [2.24, 2.45) is 23.7 Å². The first-order valence-corrected chi connectivity index (χ1v) is 19.5. The quantitative estimate of drug-likeness (QED) is 0.310. The van der Waals surface area contributed by atoms with E-state index in [1.807, 2.05) is 44.1 Å². The second kappa shape index (κ2) is 17.2. The Morgan fingerprint density at radius 2 is 1.94 bits per heavy atom. The van der Waals surface area contributed by atoms with E-state index in [4.69, 9.17) is 21.1 Å². The number of nitrogens with one attached hydrogen (secondary N) is 1. The summed E-state index contributed by atoms with van der Waals surface area (Å²) in [5.74, 6) is 2.15. The lowest BCUT2D eigenvalue weighted by atomic mass is 9.65. The number of aliphatic hydroxyl groups is 1. The number of hydrogen-bond donors (Lipinski definition) is 2. The molecule has 1 amide bonds. The van der Waals surface area contributed by atoms with Gasteiger partial charge in [-0.25, -0.2) is 4.21 Å². The van der Waals surface area contributed by atoms with Crippen molar-refractivity contribution in [3.8, 4) is 5.75 Å². The van der Waals surface area contributed by atoms with Gasteiger partial charge in [-0.1, -0.05) is 44.4 Å². The summed E-state index contributed by atoms with van der Waals surface area (Å²) in [5.41, 5.74) is 3.94. The van der Waals surface area contributed by atoms with Gasteiger partial charge in [0.1, 0.15) is 16.7 Å². The fourth-order valence-electron chi connectivity index (χ4n) is 7.82. The van der Waals surface area contributed by atoms with Gasteiger partial charge in [0.15, 0.2) is 0 Å². The molecule has 266 valence electrons. The van der Waals surface area contributed by atoms with Crippen molar-refractivity contribution in [1.82, 2.24) is 9.62 Å². The van der Waals surface area contributed by atoms with Gasteiger partial charge in [-0.15, -0.1) is 0 Å². The van der Waals surface area contributed by atoms with Gasteiger partial charge in [-0.2, -0.15) is 0 Å². The minimum absolute atomic E-state index is 0.129. The molecule has 0 saturated heterocycles. The van der Waals surface area contributed by atoms with Crippen molar-refractivity contribution in [2.75, 3.05) is 58.5 Å². The molecule has 8 nitrogen and oxygen atoms in total. The summed E-state index contributed by atoms with van der Waals surface area (Å²) in [4.78, 5) is 17.9. The van der Waals surface area contributed by atoms with E-state index in [2.05, 4.69) is 35.6 Å². The topological polar surface area (TPSA) is 91.3 Å². The maximum Gasteiger partial charge on any atom is 0.263 e. The van der Waals surface area contributed by atoms with Gasteiger partial charge < -0.3 is 24.4 Å². The fourth-order valence-corrected chi connectivity index (χ4v) is 9.06. The van der Waals surface area contributed by atoms with Crippen LogP contribution in [0.4, 0.5) is 5.69 Å². The summed E-state index contributed by atoms with van der Waals surface area (Å²) in [6.45, 7) is 9.99. The van der Waals surface area contributed by atoms with Crippen LogP contribution >= 0.6 is 11.6 Å². The number of benzene rings is 2.